The first-order valence-electron chi connectivity index (χ1n) is 20.5. The molecule has 0 saturated carbocycles. The minimum absolute atomic E-state index is 0.937. The Bertz CT molecular complexity index is 2920. The van der Waals surface area contributed by atoms with Crippen molar-refractivity contribution in [3.8, 4) is 78.8 Å². The van der Waals surface area contributed by atoms with Crippen LogP contribution in [0.5, 0.6) is 0 Å². The number of pyridine rings is 1. The van der Waals surface area contributed by atoms with Crippen molar-refractivity contribution in [1.29, 1.82) is 0 Å². The zero-order chi connectivity index (χ0) is 39.8. The van der Waals surface area contributed by atoms with Crippen molar-refractivity contribution >= 4 is 21.5 Å². The fourth-order valence-corrected chi connectivity index (χ4v) is 8.95. The summed E-state index contributed by atoms with van der Waals surface area (Å²) < 4.78 is 4.82. The lowest BCUT2D eigenvalue weighted by atomic mass is 9.86. The zero-order valence-electron chi connectivity index (χ0n) is 32.9. The molecular weight excluding hydrogens is 727 g/mol. The van der Waals surface area contributed by atoms with Crippen molar-refractivity contribution in [1.82, 2.24) is 14.1 Å². The van der Waals surface area contributed by atoms with Crippen LogP contribution in [0.4, 0.5) is 0 Å². The minimum Gasteiger partial charge on any atom is -0.309 e. The van der Waals surface area contributed by atoms with Gasteiger partial charge in [-0.05, 0) is 116 Å². The Morgan fingerprint density at radius 2 is 0.617 bits per heavy atom. The number of aromatic nitrogens is 3. The lowest BCUT2D eigenvalue weighted by molar-refractivity contribution is 1.10. The zero-order valence-corrected chi connectivity index (χ0v) is 32.9. The molecule has 0 saturated heterocycles. The van der Waals surface area contributed by atoms with E-state index in [0.717, 1.165) is 78.4 Å². The van der Waals surface area contributed by atoms with Gasteiger partial charge in [0.25, 0.3) is 0 Å². The highest BCUT2D eigenvalue weighted by Crippen LogP contribution is 2.46. The van der Waals surface area contributed by atoms with Crippen LogP contribution in [0.2, 0.25) is 0 Å². The summed E-state index contributed by atoms with van der Waals surface area (Å²) >= 11 is 0. The van der Waals surface area contributed by atoms with E-state index in [1.807, 2.05) is 12.3 Å². The monoisotopic (exact) mass is 765 g/mol. The number of fused-ring (bicyclic) bond motifs is 2. The first-order chi connectivity index (χ1) is 29.8. The van der Waals surface area contributed by atoms with Gasteiger partial charge in [0.2, 0.25) is 0 Å². The Morgan fingerprint density at radius 3 is 1.00 bits per heavy atom. The molecule has 8 aromatic carbocycles. The van der Waals surface area contributed by atoms with E-state index in [-0.39, 0.29) is 0 Å². The third kappa shape index (κ3) is 6.12. The van der Waals surface area contributed by atoms with Crippen LogP contribution in [0.25, 0.3) is 100 Å². The van der Waals surface area contributed by atoms with Crippen LogP contribution >= 0.6 is 0 Å². The predicted octanol–water partition coefficient (Wildman–Crippen LogP) is 15.0. The van der Waals surface area contributed by atoms with Crippen LogP contribution in [0, 0.1) is 0 Å². The minimum atomic E-state index is 0.937. The maximum atomic E-state index is 5.04. The fraction of sp³-hybridized carbons (Fsp3) is 0. The molecule has 282 valence electrons. The molecule has 0 bridgehead atoms. The van der Waals surface area contributed by atoms with E-state index in [1.54, 1.807) is 0 Å². The van der Waals surface area contributed by atoms with Crippen molar-refractivity contribution in [2.24, 2.45) is 0 Å². The van der Waals surface area contributed by atoms with Crippen molar-refractivity contribution in [3.63, 3.8) is 0 Å². The molecule has 0 aliphatic carbocycles. The fourth-order valence-electron chi connectivity index (χ4n) is 8.95. The van der Waals surface area contributed by atoms with E-state index in [2.05, 4.69) is 234 Å². The summed E-state index contributed by atoms with van der Waals surface area (Å²) in [5, 5.41) is 4.63. The van der Waals surface area contributed by atoms with Gasteiger partial charge in [0.15, 0.2) is 0 Å². The summed E-state index contributed by atoms with van der Waals surface area (Å²) in [6, 6.07) is 82.8. The number of rotatable bonds is 8. The molecule has 11 rings (SSSR count). The summed E-state index contributed by atoms with van der Waals surface area (Å²) in [5.41, 5.74) is 15.8. The molecular formula is C57H39N3. The Labute approximate surface area is 349 Å². The molecule has 0 unspecified atom stereocenters. The van der Waals surface area contributed by atoms with E-state index < -0.39 is 0 Å². The first kappa shape index (κ1) is 35.2. The van der Waals surface area contributed by atoms with Gasteiger partial charge in [0.1, 0.15) is 0 Å². The van der Waals surface area contributed by atoms with Gasteiger partial charge in [0, 0.05) is 23.1 Å². The maximum Gasteiger partial charge on any atom is 0.0714 e. The van der Waals surface area contributed by atoms with Crippen molar-refractivity contribution in [3.05, 3.63) is 237 Å². The van der Waals surface area contributed by atoms with E-state index in [4.69, 9.17) is 4.98 Å². The Morgan fingerprint density at radius 1 is 0.267 bits per heavy atom. The summed E-state index contributed by atoms with van der Waals surface area (Å²) in [5.74, 6) is 0. The molecule has 0 aliphatic rings. The number of hydrogen-bond acceptors (Lipinski definition) is 1. The Kier molecular flexibility index (Phi) is 8.83. The molecule has 3 heteroatoms. The summed E-state index contributed by atoms with van der Waals surface area (Å²) in [4.78, 5) is 5.04. The lowest BCUT2D eigenvalue weighted by Gasteiger charge is -2.21. The van der Waals surface area contributed by atoms with Crippen molar-refractivity contribution in [2.45, 2.75) is 0 Å². The van der Waals surface area contributed by atoms with Crippen LogP contribution < -0.4 is 0 Å². The van der Waals surface area contributed by atoms with Gasteiger partial charge >= 0.3 is 0 Å². The van der Waals surface area contributed by atoms with Crippen LogP contribution in [0.15, 0.2) is 237 Å². The van der Waals surface area contributed by atoms with Gasteiger partial charge in [-0.15, -0.1) is 0 Å². The average molecular weight is 766 g/mol. The third-order valence-electron chi connectivity index (χ3n) is 11.6. The molecule has 11 aromatic rings. The van der Waals surface area contributed by atoms with Crippen LogP contribution in [0.1, 0.15) is 0 Å². The highest BCUT2D eigenvalue weighted by molar-refractivity contribution is 6.21. The first-order valence-corrected chi connectivity index (χ1v) is 20.5. The molecule has 60 heavy (non-hydrogen) atoms. The maximum absolute atomic E-state index is 5.04. The van der Waals surface area contributed by atoms with Gasteiger partial charge in [-0.25, -0.2) is 0 Å². The van der Waals surface area contributed by atoms with Gasteiger partial charge in [0.05, 0.1) is 28.5 Å². The molecule has 0 N–H and O–H groups in total. The highest BCUT2D eigenvalue weighted by atomic mass is 15.0. The van der Waals surface area contributed by atoms with Gasteiger partial charge in [-0.3, -0.25) is 4.98 Å². The van der Waals surface area contributed by atoms with E-state index in [1.165, 1.54) is 21.9 Å². The molecule has 3 heterocycles. The second kappa shape index (κ2) is 15.1. The summed E-state index contributed by atoms with van der Waals surface area (Å²) in [6.45, 7) is 0. The molecule has 0 spiro atoms. The molecule has 3 nitrogen and oxygen atoms in total. The van der Waals surface area contributed by atoms with Gasteiger partial charge in [-0.1, -0.05) is 170 Å². The van der Waals surface area contributed by atoms with E-state index in [0.29, 0.717) is 0 Å². The Hall–Kier alpha value is -8.01. The highest BCUT2D eigenvalue weighted by Gasteiger charge is 2.22. The molecule has 0 atom stereocenters. The SMILES string of the molecule is c1ccc(-c2c3cc(-n4c(-c5ccccc5)ccc4-c4ccccc4)ccc3c(-c3ccccn3)c3cc(-n4c(-c5ccccc5)ccc4-c4ccccc4)ccc23)cc1. The number of benzene rings is 8. The van der Waals surface area contributed by atoms with Gasteiger partial charge < -0.3 is 9.13 Å². The molecule has 0 aliphatic heterocycles. The molecule has 0 radical (unpaired) electrons. The van der Waals surface area contributed by atoms with Crippen molar-refractivity contribution < 1.29 is 0 Å². The second-order valence-electron chi connectivity index (χ2n) is 15.1. The van der Waals surface area contributed by atoms with Crippen molar-refractivity contribution in [2.75, 3.05) is 0 Å². The van der Waals surface area contributed by atoms with Crippen LogP contribution in [-0.4, -0.2) is 14.1 Å². The topological polar surface area (TPSA) is 22.8 Å². The lowest BCUT2D eigenvalue weighted by Crippen LogP contribution is -2.02. The summed E-state index contributed by atoms with van der Waals surface area (Å²) in [6.07, 6.45) is 1.90. The molecule has 0 amide bonds. The standard InChI is InChI=1S/C57H39N3/c1-6-18-40(19-7-1)52-33-34-53(41-20-8-2-9-21-41)59(52)45-30-32-48-49(38-45)56(44-26-14-5-15-27-44)47-31-29-46(39-50(47)57(48)51-28-16-17-37-58-51)60-54(42-22-10-3-11-23-42)35-36-55(60)43-24-12-4-13-25-43/h1-39H. The predicted molar refractivity (Wildman–Crippen MR) is 251 cm³/mol. The van der Waals surface area contributed by atoms with E-state index >= 15 is 0 Å². The molecule has 0 fully saturated rings. The normalized spacial score (nSPS) is 11.3. The largest absolute Gasteiger partial charge is 0.309 e. The van der Waals surface area contributed by atoms with E-state index in [9.17, 15) is 0 Å². The summed E-state index contributed by atoms with van der Waals surface area (Å²) in [7, 11) is 0. The average Bonchev–Trinajstić information content (AvgIpc) is 3.98. The third-order valence-corrected chi connectivity index (χ3v) is 11.6. The second-order valence-corrected chi connectivity index (χ2v) is 15.1. The quantitative estimate of drug-likeness (QED) is 0.141. The van der Waals surface area contributed by atoms with Crippen LogP contribution in [-0.2, 0) is 0 Å². The smallest absolute Gasteiger partial charge is 0.0714 e. The Balaban J connectivity index is 1.23. The van der Waals surface area contributed by atoms with Gasteiger partial charge in [-0.2, -0.15) is 0 Å². The van der Waals surface area contributed by atoms with Crippen LogP contribution in [0.3, 0.4) is 0 Å². The molecule has 3 aromatic heterocycles. The number of nitrogens with zero attached hydrogens (tertiary/aromatic N) is 3. The number of hydrogen-bond donors (Lipinski definition) is 0.